The van der Waals surface area contributed by atoms with Crippen molar-refractivity contribution in [2.24, 2.45) is 5.73 Å². The molecule has 2 N–H and O–H groups in total. The van der Waals surface area contributed by atoms with Crippen LogP contribution in [-0.4, -0.2) is 55.6 Å². The molecule has 1 saturated heterocycles. The van der Waals surface area contributed by atoms with E-state index in [4.69, 9.17) is 5.73 Å². The van der Waals surface area contributed by atoms with Crippen molar-refractivity contribution in [2.75, 3.05) is 40.3 Å². The highest BCUT2D eigenvalue weighted by Gasteiger charge is 2.26. The maximum atomic E-state index is 6.15. The van der Waals surface area contributed by atoms with Crippen LogP contribution in [0, 0.1) is 0 Å². The molecule has 1 fully saturated rings. The lowest BCUT2D eigenvalue weighted by atomic mass is 9.92. The second-order valence-electron chi connectivity index (χ2n) is 5.19. The zero-order chi connectivity index (χ0) is 10.6. The van der Waals surface area contributed by atoms with Gasteiger partial charge in [-0.15, -0.1) is 0 Å². The van der Waals surface area contributed by atoms with E-state index in [2.05, 4.69) is 30.8 Å². The van der Waals surface area contributed by atoms with Gasteiger partial charge in [0.1, 0.15) is 0 Å². The highest BCUT2D eigenvalue weighted by atomic mass is 15.2. The van der Waals surface area contributed by atoms with E-state index in [0.717, 1.165) is 6.54 Å². The normalized spacial score (nSPS) is 29.8. The molecule has 1 heterocycles. The van der Waals surface area contributed by atoms with Crippen molar-refractivity contribution in [3.05, 3.63) is 0 Å². The average Bonchev–Trinajstić information content (AvgIpc) is 2.01. The summed E-state index contributed by atoms with van der Waals surface area (Å²) < 4.78 is 0. The molecule has 1 aliphatic heterocycles. The Labute approximate surface area is 88.2 Å². The van der Waals surface area contributed by atoms with E-state index in [1.54, 1.807) is 0 Å². The molecule has 84 valence electrons. The summed E-state index contributed by atoms with van der Waals surface area (Å²) in [6, 6.07) is 0. The molecule has 1 unspecified atom stereocenters. The molecule has 0 spiro atoms. The van der Waals surface area contributed by atoms with Gasteiger partial charge in [0, 0.05) is 12.1 Å². The largest absolute Gasteiger partial charge is 0.324 e. The molecule has 0 bridgehead atoms. The summed E-state index contributed by atoms with van der Waals surface area (Å²) in [6.45, 7) is 6.86. The highest BCUT2D eigenvalue weighted by Crippen LogP contribution is 2.17. The second kappa shape index (κ2) is 5.10. The fourth-order valence-corrected chi connectivity index (χ4v) is 2.18. The molecule has 14 heavy (non-hydrogen) atoms. The minimum Gasteiger partial charge on any atom is -0.324 e. The van der Waals surface area contributed by atoms with Gasteiger partial charge in [0.2, 0.25) is 0 Å². The first-order valence-electron chi connectivity index (χ1n) is 5.66. The van der Waals surface area contributed by atoms with Gasteiger partial charge in [-0.05, 0) is 59.9 Å². The molecule has 1 rings (SSSR count). The molecule has 0 saturated carbocycles. The van der Waals surface area contributed by atoms with Gasteiger partial charge in [-0.1, -0.05) is 0 Å². The van der Waals surface area contributed by atoms with Crippen LogP contribution in [-0.2, 0) is 0 Å². The molecular formula is C11H25N3. The van der Waals surface area contributed by atoms with E-state index in [0.29, 0.717) is 0 Å². The Balaban J connectivity index is 2.18. The second-order valence-corrected chi connectivity index (χ2v) is 5.19. The first kappa shape index (κ1) is 12.0. The van der Waals surface area contributed by atoms with Gasteiger partial charge in [0.15, 0.2) is 0 Å². The molecule has 1 atom stereocenters. The van der Waals surface area contributed by atoms with Crippen LogP contribution in [0.3, 0.4) is 0 Å². The zero-order valence-corrected chi connectivity index (χ0v) is 9.92. The molecule has 3 heteroatoms. The Morgan fingerprint density at radius 1 is 1.43 bits per heavy atom. The molecule has 0 aliphatic carbocycles. The summed E-state index contributed by atoms with van der Waals surface area (Å²) in [6.07, 6.45) is 3.69. The van der Waals surface area contributed by atoms with E-state index in [1.165, 1.54) is 38.9 Å². The predicted octanol–water partition coefficient (Wildman–Crippen LogP) is 0.751. The Bertz CT molecular complexity index is 166. The Morgan fingerprint density at radius 2 is 2.14 bits per heavy atom. The van der Waals surface area contributed by atoms with Crippen LogP contribution in [0.4, 0.5) is 0 Å². The highest BCUT2D eigenvalue weighted by molar-refractivity contribution is 4.87. The maximum Gasteiger partial charge on any atom is 0.0255 e. The summed E-state index contributed by atoms with van der Waals surface area (Å²) in [5.74, 6) is 0. The van der Waals surface area contributed by atoms with Gasteiger partial charge in [0.25, 0.3) is 0 Å². The number of piperidine rings is 1. The van der Waals surface area contributed by atoms with Crippen LogP contribution in [0.1, 0.15) is 26.2 Å². The Kier molecular flexibility index (Phi) is 4.35. The maximum absolute atomic E-state index is 6.15. The SMILES string of the molecule is CN(C)CCCN1CCCC(C)(N)C1. The van der Waals surface area contributed by atoms with Gasteiger partial charge in [-0.3, -0.25) is 0 Å². The molecule has 0 radical (unpaired) electrons. The fourth-order valence-electron chi connectivity index (χ4n) is 2.18. The van der Waals surface area contributed by atoms with Crippen molar-refractivity contribution < 1.29 is 0 Å². The molecule has 0 aromatic rings. The molecule has 0 aromatic carbocycles. The lowest BCUT2D eigenvalue weighted by Gasteiger charge is -2.38. The van der Waals surface area contributed by atoms with Gasteiger partial charge in [-0.25, -0.2) is 0 Å². The van der Waals surface area contributed by atoms with Crippen molar-refractivity contribution in [3.63, 3.8) is 0 Å². The lowest BCUT2D eigenvalue weighted by molar-refractivity contribution is 0.155. The number of hydrogen-bond acceptors (Lipinski definition) is 3. The van der Waals surface area contributed by atoms with Crippen molar-refractivity contribution in [1.29, 1.82) is 0 Å². The van der Waals surface area contributed by atoms with Gasteiger partial charge in [-0.2, -0.15) is 0 Å². The van der Waals surface area contributed by atoms with Crippen LogP contribution in [0.15, 0.2) is 0 Å². The minimum absolute atomic E-state index is 0.0520. The van der Waals surface area contributed by atoms with Crippen LogP contribution in [0.5, 0.6) is 0 Å². The number of hydrogen-bond donors (Lipinski definition) is 1. The first-order valence-corrected chi connectivity index (χ1v) is 5.66. The fraction of sp³-hybridized carbons (Fsp3) is 1.00. The minimum atomic E-state index is 0.0520. The summed E-state index contributed by atoms with van der Waals surface area (Å²) in [4.78, 5) is 4.75. The monoisotopic (exact) mass is 199 g/mol. The van der Waals surface area contributed by atoms with Crippen LogP contribution in [0.2, 0.25) is 0 Å². The van der Waals surface area contributed by atoms with Crippen LogP contribution < -0.4 is 5.73 Å². The summed E-state index contributed by atoms with van der Waals surface area (Å²) in [5, 5.41) is 0. The van der Waals surface area contributed by atoms with Gasteiger partial charge < -0.3 is 15.5 Å². The quantitative estimate of drug-likeness (QED) is 0.725. The van der Waals surface area contributed by atoms with Crippen LogP contribution >= 0.6 is 0 Å². The zero-order valence-electron chi connectivity index (χ0n) is 9.92. The third kappa shape index (κ3) is 4.40. The van der Waals surface area contributed by atoms with Crippen molar-refractivity contribution in [1.82, 2.24) is 9.80 Å². The molecule has 0 amide bonds. The van der Waals surface area contributed by atoms with E-state index in [1.807, 2.05) is 0 Å². The molecule has 0 aromatic heterocycles. The molecule has 3 nitrogen and oxygen atoms in total. The standard InChI is InChI=1S/C11H25N3/c1-11(12)6-4-8-14(10-11)9-5-7-13(2)3/h4-10,12H2,1-3H3. The topological polar surface area (TPSA) is 32.5 Å². The van der Waals surface area contributed by atoms with Crippen molar-refractivity contribution in [3.8, 4) is 0 Å². The average molecular weight is 199 g/mol. The Morgan fingerprint density at radius 3 is 2.71 bits per heavy atom. The van der Waals surface area contributed by atoms with Gasteiger partial charge in [0.05, 0.1) is 0 Å². The number of likely N-dealkylation sites (tertiary alicyclic amines) is 1. The Hall–Kier alpha value is -0.120. The number of nitrogens with zero attached hydrogens (tertiary/aromatic N) is 2. The van der Waals surface area contributed by atoms with E-state index >= 15 is 0 Å². The number of nitrogens with two attached hydrogens (primary N) is 1. The smallest absolute Gasteiger partial charge is 0.0255 e. The summed E-state index contributed by atoms with van der Waals surface area (Å²) in [7, 11) is 4.26. The van der Waals surface area contributed by atoms with Crippen molar-refractivity contribution >= 4 is 0 Å². The van der Waals surface area contributed by atoms with Crippen molar-refractivity contribution in [2.45, 2.75) is 31.7 Å². The van der Waals surface area contributed by atoms with E-state index in [9.17, 15) is 0 Å². The summed E-state index contributed by atoms with van der Waals surface area (Å²) >= 11 is 0. The van der Waals surface area contributed by atoms with E-state index < -0.39 is 0 Å². The third-order valence-corrected chi connectivity index (χ3v) is 2.89. The molecule has 1 aliphatic rings. The predicted molar refractivity (Wildman–Crippen MR) is 61.4 cm³/mol. The molecular weight excluding hydrogens is 174 g/mol. The number of rotatable bonds is 4. The first-order chi connectivity index (χ1) is 6.49. The van der Waals surface area contributed by atoms with E-state index in [-0.39, 0.29) is 5.54 Å². The third-order valence-electron chi connectivity index (χ3n) is 2.89. The van der Waals surface area contributed by atoms with Gasteiger partial charge >= 0.3 is 0 Å². The van der Waals surface area contributed by atoms with Crippen LogP contribution in [0.25, 0.3) is 0 Å². The summed E-state index contributed by atoms with van der Waals surface area (Å²) in [5.41, 5.74) is 6.20. The lowest BCUT2D eigenvalue weighted by Crippen LogP contribution is -2.52.